The van der Waals surface area contributed by atoms with Crippen molar-refractivity contribution in [2.75, 3.05) is 30.7 Å². The predicted octanol–water partition coefficient (Wildman–Crippen LogP) is 1.97. The van der Waals surface area contributed by atoms with Gasteiger partial charge in [0.05, 0.1) is 28.9 Å². The largest absolute Gasteiger partial charge is 0.399 e. The Morgan fingerprint density at radius 1 is 1.45 bits per heavy atom. The highest BCUT2D eigenvalue weighted by Crippen LogP contribution is 2.32. The molecule has 0 radical (unpaired) electrons. The van der Waals surface area contributed by atoms with Gasteiger partial charge >= 0.3 is 0 Å². The third-order valence-corrected chi connectivity index (χ3v) is 3.98. The van der Waals surface area contributed by atoms with Crippen LogP contribution in [-0.2, 0) is 4.79 Å². The topological polar surface area (TPSA) is 78.6 Å². The summed E-state index contributed by atoms with van der Waals surface area (Å²) in [5, 5.41) is 12.5. The number of hydrogen-bond donors (Lipinski definition) is 3. The van der Waals surface area contributed by atoms with E-state index in [1.54, 1.807) is 0 Å². The summed E-state index contributed by atoms with van der Waals surface area (Å²) < 4.78 is 0. The van der Waals surface area contributed by atoms with Gasteiger partial charge in [0.15, 0.2) is 0 Å². The summed E-state index contributed by atoms with van der Waals surface area (Å²) in [6.07, 6.45) is 1.90. The quantitative estimate of drug-likeness (QED) is 0.742. The van der Waals surface area contributed by atoms with Crippen molar-refractivity contribution in [1.29, 1.82) is 0 Å². The van der Waals surface area contributed by atoms with E-state index < -0.39 is 0 Å². The molecule has 0 bridgehead atoms. The molecular weight excluding hydrogens is 301 g/mol. The van der Waals surface area contributed by atoms with Crippen LogP contribution in [-0.4, -0.2) is 41.7 Å². The number of rotatable bonds is 4. The fourth-order valence-corrected chi connectivity index (χ4v) is 2.98. The lowest BCUT2D eigenvalue weighted by atomic mass is 10.2. The highest BCUT2D eigenvalue weighted by Gasteiger charge is 2.25. The maximum atomic E-state index is 12.0. The van der Waals surface area contributed by atoms with Gasteiger partial charge in [0.1, 0.15) is 0 Å². The first kappa shape index (κ1) is 15.4. The molecule has 5 nitrogen and oxygen atoms in total. The molecule has 0 saturated carbocycles. The van der Waals surface area contributed by atoms with Crippen LogP contribution < -0.4 is 11.1 Å². The van der Waals surface area contributed by atoms with Crippen LogP contribution in [0.5, 0.6) is 0 Å². The fourth-order valence-electron chi connectivity index (χ4n) is 2.39. The average molecular weight is 318 g/mol. The van der Waals surface area contributed by atoms with Crippen molar-refractivity contribution in [3.8, 4) is 0 Å². The summed E-state index contributed by atoms with van der Waals surface area (Å²) in [4.78, 5) is 14.0. The number of halogens is 2. The maximum Gasteiger partial charge on any atom is 0.238 e. The van der Waals surface area contributed by atoms with Crippen molar-refractivity contribution in [3.05, 3.63) is 22.2 Å². The molecule has 1 aliphatic rings. The minimum atomic E-state index is -0.209. The number of hydrogen-bond acceptors (Lipinski definition) is 4. The number of nitrogens with two attached hydrogens (primary N) is 1. The van der Waals surface area contributed by atoms with Crippen molar-refractivity contribution in [2.24, 2.45) is 0 Å². The Bertz CT molecular complexity index is 487. The van der Waals surface area contributed by atoms with E-state index in [0.29, 0.717) is 21.4 Å². The van der Waals surface area contributed by atoms with E-state index in [1.807, 2.05) is 4.90 Å². The van der Waals surface area contributed by atoms with Crippen molar-refractivity contribution in [3.63, 3.8) is 0 Å². The number of benzene rings is 1. The van der Waals surface area contributed by atoms with Gasteiger partial charge in [-0.2, -0.15) is 0 Å². The monoisotopic (exact) mass is 317 g/mol. The third kappa shape index (κ3) is 3.55. The second-order valence-corrected chi connectivity index (χ2v) is 5.67. The molecule has 0 spiro atoms. The minimum absolute atomic E-state index is 0.0538. The van der Waals surface area contributed by atoms with E-state index in [0.717, 1.165) is 19.4 Å². The van der Waals surface area contributed by atoms with Crippen LogP contribution in [0.1, 0.15) is 12.8 Å². The first-order valence-corrected chi connectivity index (χ1v) is 7.16. The van der Waals surface area contributed by atoms with Crippen molar-refractivity contribution < 1.29 is 9.90 Å². The lowest BCUT2D eigenvalue weighted by Crippen LogP contribution is -2.38. The second kappa shape index (κ2) is 6.63. The van der Waals surface area contributed by atoms with Crippen molar-refractivity contribution in [2.45, 2.75) is 18.9 Å². The van der Waals surface area contributed by atoms with Gasteiger partial charge in [-0.15, -0.1) is 0 Å². The number of nitrogen functional groups attached to an aromatic ring is 1. The maximum absolute atomic E-state index is 12.0. The molecule has 7 heteroatoms. The molecule has 1 aliphatic heterocycles. The van der Waals surface area contributed by atoms with Gasteiger partial charge in [0, 0.05) is 11.7 Å². The number of anilines is 2. The molecule has 1 aromatic rings. The van der Waals surface area contributed by atoms with Crippen LogP contribution in [0.2, 0.25) is 10.0 Å². The minimum Gasteiger partial charge on any atom is -0.399 e. The van der Waals surface area contributed by atoms with Crippen molar-refractivity contribution >= 4 is 40.5 Å². The van der Waals surface area contributed by atoms with Crippen LogP contribution in [0.25, 0.3) is 0 Å². The first-order valence-electron chi connectivity index (χ1n) is 6.40. The second-order valence-electron chi connectivity index (χ2n) is 4.86. The summed E-state index contributed by atoms with van der Waals surface area (Å²) in [6, 6.07) is 3.13. The van der Waals surface area contributed by atoms with Gasteiger partial charge in [-0.25, -0.2) is 0 Å². The van der Waals surface area contributed by atoms with Crippen LogP contribution in [0.15, 0.2) is 12.1 Å². The molecule has 0 aliphatic carbocycles. The molecule has 20 heavy (non-hydrogen) atoms. The average Bonchev–Trinajstić information content (AvgIpc) is 2.81. The van der Waals surface area contributed by atoms with Crippen LogP contribution in [0.3, 0.4) is 0 Å². The van der Waals surface area contributed by atoms with Gasteiger partial charge in [-0.1, -0.05) is 23.2 Å². The smallest absolute Gasteiger partial charge is 0.238 e. The highest BCUT2D eigenvalue weighted by atomic mass is 35.5. The number of aliphatic hydroxyl groups excluding tert-OH is 1. The molecule has 0 aromatic heterocycles. The Morgan fingerprint density at radius 2 is 2.10 bits per heavy atom. The number of likely N-dealkylation sites (tertiary alicyclic amines) is 1. The Hall–Kier alpha value is -1.01. The van der Waals surface area contributed by atoms with Gasteiger partial charge in [-0.3, -0.25) is 9.69 Å². The first-order chi connectivity index (χ1) is 9.51. The molecule has 1 saturated heterocycles. The zero-order valence-corrected chi connectivity index (χ0v) is 12.4. The molecule has 4 N–H and O–H groups in total. The number of carbonyl (C=O) groups excluding carboxylic acids is 1. The van der Waals surface area contributed by atoms with E-state index in [4.69, 9.17) is 28.9 Å². The number of aliphatic hydroxyl groups is 1. The van der Waals surface area contributed by atoms with Gasteiger partial charge in [-0.05, 0) is 31.5 Å². The molecule has 2 rings (SSSR count). The SMILES string of the molecule is Nc1cc(Cl)c(NC(=O)CN2CCCC2CO)c(Cl)c1. The Balaban J connectivity index is 2.01. The molecular formula is C13H17Cl2N3O2. The van der Waals surface area contributed by atoms with E-state index in [2.05, 4.69) is 5.32 Å². The molecule has 1 aromatic carbocycles. The van der Waals surface area contributed by atoms with E-state index in [9.17, 15) is 9.90 Å². The third-order valence-electron chi connectivity index (χ3n) is 3.39. The summed E-state index contributed by atoms with van der Waals surface area (Å²) >= 11 is 12.0. The van der Waals surface area contributed by atoms with E-state index in [-0.39, 0.29) is 25.1 Å². The lowest BCUT2D eigenvalue weighted by Gasteiger charge is -2.22. The standard InChI is InChI=1S/C13H17Cl2N3O2/c14-10-4-8(16)5-11(15)13(10)17-12(20)6-18-3-1-2-9(18)7-19/h4-5,9,19H,1-3,6-7,16H2,(H,17,20). The number of nitrogens with one attached hydrogen (secondary N) is 1. The summed E-state index contributed by atoms with van der Waals surface area (Å²) in [7, 11) is 0. The Kier molecular flexibility index (Phi) is 5.10. The summed E-state index contributed by atoms with van der Waals surface area (Å²) in [5.74, 6) is -0.209. The number of amides is 1. The van der Waals surface area contributed by atoms with E-state index in [1.165, 1.54) is 12.1 Å². The number of nitrogens with zero attached hydrogens (tertiary/aromatic N) is 1. The van der Waals surface area contributed by atoms with Crippen molar-refractivity contribution in [1.82, 2.24) is 4.90 Å². The van der Waals surface area contributed by atoms with Gasteiger partial charge < -0.3 is 16.2 Å². The number of carbonyl (C=O) groups is 1. The molecule has 1 unspecified atom stereocenters. The van der Waals surface area contributed by atoms with Gasteiger partial charge in [0.25, 0.3) is 0 Å². The van der Waals surface area contributed by atoms with Gasteiger partial charge in [0.2, 0.25) is 5.91 Å². The van der Waals surface area contributed by atoms with Crippen LogP contribution in [0.4, 0.5) is 11.4 Å². The molecule has 110 valence electrons. The summed E-state index contributed by atoms with van der Waals surface area (Å²) in [5.41, 5.74) is 6.42. The van der Waals surface area contributed by atoms with Crippen LogP contribution >= 0.6 is 23.2 Å². The molecule has 1 atom stereocenters. The predicted molar refractivity (Wildman–Crippen MR) is 81.2 cm³/mol. The molecule has 1 fully saturated rings. The fraction of sp³-hybridized carbons (Fsp3) is 0.462. The Morgan fingerprint density at radius 3 is 2.70 bits per heavy atom. The zero-order valence-electron chi connectivity index (χ0n) is 10.9. The zero-order chi connectivity index (χ0) is 14.7. The summed E-state index contributed by atoms with van der Waals surface area (Å²) in [6.45, 7) is 1.08. The molecule has 1 heterocycles. The molecule has 1 amide bonds. The highest BCUT2D eigenvalue weighted by molar-refractivity contribution is 6.40. The van der Waals surface area contributed by atoms with Crippen LogP contribution in [0, 0.1) is 0 Å². The lowest BCUT2D eigenvalue weighted by molar-refractivity contribution is -0.117. The van der Waals surface area contributed by atoms with E-state index >= 15 is 0 Å². The normalized spacial score (nSPS) is 19.2. The Labute approximate surface area is 127 Å².